The van der Waals surface area contributed by atoms with Gasteiger partial charge in [-0.25, -0.2) is 0 Å². The molecular weight excluding hydrogens is 406 g/mol. The smallest absolute Gasteiger partial charge is 0.257 e. The molecule has 0 bridgehead atoms. The van der Waals surface area contributed by atoms with Crippen molar-refractivity contribution in [3.63, 3.8) is 0 Å². The molecule has 0 aliphatic carbocycles. The second-order valence-electron chi connectivity index (χ2n) is 5.28. The first-order valence-corrected chi connectivity index (χ1v) is 9.93. The molecule has 2 aromatic carbocycles. The molecule has 3 aromatic rings. The lowest BCUT2D eigenvalue weighted by atomic mass is 10.1. The number of nitrogens with one attached hydrogen (secondary N) is 1. The molecule has 9 heteroatoms. The van der Waals surface area contributed by atoms with Crippen LogP contribution in [0.25, 0.3) is 0 Å². The Kier molecular flexibility index (Phi) is 6.44. The molecule has 0 aliphatic heterocycles. The third kappa shape index (κ3) is 5.29. The molecule has 0 fully saturated rings. The monoisotopic (exact) mass is 419 g/mol. The average molecular weight is 420 g/mol. The number of benzene rings is 2. The number of nitrogens with zero attached hydrogens (tertiary/aromatic N) is 2. The number of Topliss-reactive ketones (excluding diaryl/α,β-unsaturated/α-hetero) is 1. The first kappa shape index (κ1) is 19.3. The zero-order chi connectivity index (χ0) is 19.2. The summed E-state index contributed by atoms with van der Waals surface area (Å²) in [6.45, 7) is 0. The summed E-state index contributed by atoms with van der Waals surface area (Å²) in [6.07, 6.45) is 0. The number of carbonyl (C=O) groups is 2. The van der Waals surface area contributed by atoms with Crippen LogP contribution in [0.1, 0.15) is 20.7 Å². The molecule has 3 rings (SSSR count). The summed E-state index contributed by atoms with van der Waals surface area (Å²) in [5.41, 5.74) is 1.03. The Bertz CT molecular complexity index is 960. The quantitative estimate of drug-likeness (QED) is 0.346. The van der Waals surface area contributed by atoms with Gasteiger partial charge in [-0.15, -0.1) is 10.2 Å². The highest BCUT2D eigenvalue weighted by Gasteiger charge is 2.13. The summed E-state index contributed by atoms with van der Waals surface area (Å²) in [6, 6.07) is 13.5. The van der Waals surface area contributed by atoms with E-state index in [1.54, 1.807) is 55.6 Å². The Balaban J connectivity index is 1.56. The SMILES string of the molecule is COc1ccc(C(=O)CSc2nnc(NC(=O)c3cccc(Cl)c3)s2)cc1. The number of carbonyl (C=O) groups excluding carboxylic acids is 2. The van der Waals surface area contributed by atoms with Crippen molar-refractivity contribution in [2.24, 2.45) is 0 Å². The highest BCUT2D eigenvalue weighted by Crippen LogP contribution is 2.27. The fourth-order valence-electron chi connectivity index (χ4n) is 2.11. The van der Waals surface area contributed by atoms with E-state index in [0.717, 1.165) is 0 Å². The summed E-state index contributed by atoms with van der Waals surface area (Å²) < 4.78 is 5.67. The predicted molar refractivity (Wildman–Crippen MR) is 107 cm³/mol. The van der Waals surface area contributed by atoms with Crippen LogP contribution >= 0.6 is 34.7 Å². The van der Waals surface area contributed by atoms with Gasteiger partial charge in [0.15, 0.2) is 10.1 Å². The van der Waals surface area contributed by atoms with E-state index < -0.39 is 0 Å². The van der Waals surface area contributed by atoms with E-state index >= 15 is 0 Å². The number of ether oxygens (including phenoxy) is 1. The predicted octanol–water partition coefficient (Wildman–Crippen LogP) is 4.43. The maximum atomic E-state index is 12.2. The van der Waals surface area contributed by atoms with Gasteiger partial charge in [-0.3, -0.25) is 14.9 Å². The number of thioether (sulfide) groups is 1. The molecule has 0 saturated heterocycles. The van der Waals surface area contributed by atoms with Gasteiger partial charge in [0.1, 0.15) is 5.75 Å². The minimum atomic E-state index is -0.320. The lowest BCUT2D eigenvalue weighted by Gasteiger charge is -2.02. The van der Waals surface area contributed by atoms with E-state index in [2.05, 4.69) is 15.5 Å². The molecule has 0 unspecified atom stereocenters. The minimum Gasteiger partial charge on any atom is -0.497 e. The molecule has 6 nitrogen and oxygen atoms in total. The summed E-state index contributed by atoms with van der Waals surface area (Å²) in [5, 5.41) is 11.4. The summed E-state index contributed by atoms with van der Waals surface area (Å²) in [7, 11) is 1.57. The Morgan fingerprint density at radius 1 is 1.15 bits per heavy atom. The van der Waals surface area contributed by atoms with Crippen LogP contribution in [-0.2, 0) is 0 Å². The highest BCUT2D eigenvalue weighted by atomic mass is 35.5. The van der Waals surface area contributed by atoms with Crippen LogP contribution in [-0.4, -0.2) is 34.8 Å². The Morgan fingerprint density at radius 2 is 1.93 bits per heavy atom. The van der Waals surface area contributed by atoms with Gasteiger partial charge in [-0.05, 0) is 42.5 Å². The highest BCUT2D eigenvalue weighted by molar-refractivity contribution is 8.01. The number of aromatic nitrogens is 2. The van der Waals surface area contributed by atoms with Crippen molar-refractivity contribution in [1.29, 1.82) is 0 Å². The first-order valence-electron chi connectivity index (χ1n) is 7.75. The maximum absolute atomic E-state index is 12.2. The molecule has 138 valence electrons. The van der Waals surface area contributed by atoms with E-state index in [4.69, 9.17) is 16.3 Å². The van der Waals surface area contributed by atoms with Crippen molar-refractivity contribution in [2.75, 3.05) is 18.2 Å². The van der Waals surface area contributed by atoms with E-state index in [0.29, 0.717) is 31.4 Å². The molecule has 0 radical (unpaired) electrons. The van der Waals surface area contributed by atoms with Gasteiger partial charge in [-0.2, -0.15) is 0 Å². The van der Waals surface area contributed by atoms with E-state index in [9.17, 15) is 9.59 Å². The number of anilines is 1. The summed E-state index contributed by atoms with van der Waals surface area (Å²) >= 11 is 8.36. The van der Waals surface area contributed by atoms with Gasteiger partial charge < -0.3 is 4.74 Å². The maximum Gasteiger partial charge on any atom is 0.257 e. The molecule has 1 heterocycles. The van der Waals surface area contributed by atoms with E-state index in [1.807, 2.05) is 0 Å². The minimum absolute atomic E-state index is 0.0256. The number of hydrogen-bond donors (Lipinski definition) is 1. The third-order valence-electron chi connectivity index (χ3n) is 3.45. The van der Waals surface area contributed by atoms with Gasteiger partial charge in [0.05, 0.1) is 12.9 Å². The van der Waals surface area contributed by atoms with Gasteiger partial charge in [0, 0.05) is 16.1 Å². The van der Waals surface area contributed by atoms with Crippen LogP contribution in [0.3, 0.4) is 0 Å². The van der Waals surface area contributed by atoms with Crippen LogP contribution in [0.2, 0.25) is 5.02 Å². The number of hydrogen-bond acceptors (Lipinski definition) is 7. The largest absolute Gasteiger partial charge is 0.497 e. The molecular formula is C18H14ClN3O3S2. The van der Waals surface area contributed by atoms with Crippen LogP contribution in [0.5, 0.6) is 5.75 Å². The van der Waals surface area contributed by atoms with Crippen LogP contribution in [0, 0.1) is 0 Å². The van der Waals surface area contributed by atoms with E-state index in [-0.39, 0.29) is 17.4 Å². The van der Waals surface area contributed by atoms with Crippen molar-refractivity contribution < 1.29 is 14.3 Å². The Labute approximate surface area is 168 Å². The van der Waals surface area contributed by atoms with Crippen molar-refractivity contribution in [2.45, 2.75) is 4.34 Å². The van der Waals surface area contributed by atoms with E-state index in [1.165, 1.54) is 23.1 Å². The summed E-state index contributed by atoms with van der Waals surface area (Å²) in [4.78, 5) is 24.4. The fourth-order valence-corrected chi connectivity index (χ4v) is 3.94. The lowest BCUT2D eigenvalue weighted by Crippen LogP contribution is -2.11. The normalized spacial score (nSPS) is 10.4. The topological polar surface area (TPSA) is 81.2 Å². The zero-order valence-electron chi connectivity index (χ0n) is 14.1. The van der Waals surface area contributed by atoms with Crippen LogP contribution in [0.4, 0.5) is 5.13 Å². The van der Waals surface area contributed by atoms with Gasteiger partial charge in [0.25, 0.3) is 5.91 Å². The number of methoxy groups -OCH3 is 1. The number of ketones is 1. The molecule has 0 saturated carbocycles. The van der Waals surface area contributed by atoms with Gasteiger partial charge >= 0.3 is 0 Å². The second-order valence-corrected chi connectivity index (χ2v) is 7.91. The zero-order valence-corrected chi connectivity index (χ0v) is 16.5. The molecule has 1 N–H and O–H groups in total. The summed E-state index contributed by atoms with van der Waals surface area (Å²) in [5.74, 6) is 0.578. The molecule has 0 spiro atoms. The van der Waals surface area contributed by atoms with Crippen molar-refractivity contribution >= 4 is 51.5 Å². The molecule has 0 aliphatic rings. The number of rotatable bonds is 7. The number of halogens is 1. The van der Waals surface area contributed by atoms with Crippen LogP contribution < -0.4 is 10.1 Å². The van der Waals surface area contributed by atoms with Gasteiger partial charge in [-0.1, -0.05) is 40.8 Å². The number of amides is 1. The average Bonchev–Trinajstić information content (AvgIpc) is 3.13. The van der Waals surface area contributed by atoms with Crippen molar-refractivity contribution in [3.05, 3.63) is 64.7 Å². The van der Waals surface area contributed by atoms with Gasteiger partial charge in [0.2, 0.25) is 5.13 Å². The van der Waals surface area contributed by atoms with Crippen molar-refractivity contribution in [1.82, 2.24) is 10.2 Å². The second kappa shape index (κ2) is 8.98. The standard InChI is InChI=1S/C18H14ClN3O3S2/c1-25-14-7-5-11(6-8-14)15(23)10-26-18-22-21-17(27-18)20-16(24)12-3-2-4-13(19)9-12/h2-9H,10H2,1H3,(H,20,21,24). The molecule has 1 aromatic heterocycles. The Morgan fingerprint density at radius 3 is 2.63 bits per heavy atom. The molecule has 27 heavy (non-hydrogen) atoms. The Hall–Kier alpha value is -2.42. The van der Waals surface area contributed by atoms with Crippen molar-refractivity contribution in [3.8, 4) is 5.75 Å². The molecule has 0 atom stereocenters. The first-order chi connectivity index (χ1) is 13.0. The third-order valence-corrected chi connectivity index (χ3v) is 5.66. The fraction of sp³-hybridized carbons (Fsp3) is 0.111. The lowest BCUT2D eigenvalue weighted by molar-refractivity contribution is 0.101. The van der Waals surface area contributed by atoms with Crippen LogP contribution in [0.15, 0.2) is 52.9 Å². The molecule has 1 amide bonds.